The highest BCUT2D eigenvalue weighted by Crippen LogP contribution is 2.38. The number of nitrogens with one attached hydrogen (secondary N) is 1. The molecular weight excluding hydrogens is 248 g/mol. The molecular formula is C17H14N2O. The first-order valence-electron chi connectivity index (χ1n) is 6.90. The van der Waals surface area contributed by atoms with E-state index >= 15 is 0 Å². The van der Waals surface area contributed by atoms with Gasteiger partial charge in [0.1, 0.15) is 0 Å². The summed E-state index contributed by atoms with van der Waals surface area (Å²) >= 11 is 0. The van der Waals surface area contributed by atoms with Gasteiger partial charge in [0.2, 0.25) is 0 Å². The van der Waals surface area contributed by atoms with E-state index in [1.165, 1.54) is 11.1 Å². The van der Waals surface area contributed by atoms with E-state index in [4.69, 9.17) is 0 Å². The van der Waals surface area contributed by atoms with Crippen LogP contribution in [0.3, 0.4) is 0 Å². The summed E-state index contributed by atoms with van der Waals surface area (Å²) in [6, 6.07) is 9.96. The number of hydrogen-bond acceptors (Lipinski definition) is 2. The van der Waals surface area contributed by atoms with E-state index < -0.39 is 0 Å². The summed E-state index contributed by atoms with van der Waals surface area (Å²) in [5.74, 6) is 0. The molecule has 3 heteroatoms. The second-order valence-corrected chi connectivity index (χ2v) is 5.18. The topological polar surface area (TPSA) is 45.8 Å². The molecule has 1 aromatic carbocycles. The quantitative estimate of drug-likeness (QED) is 0.573. The van der Waals surface area contributed by atoms with Gasteiger partial charge >= 0.3 is 0 Å². The number of aromatic amines is 1. The number of aryl methyl sites for hydroxylation is 1. The first kappa shape index (κ1) is 11.4. The number of aromatic nitrogens is 2. The number of H-pyrrole nitrogens is 1. The molecule has 0 saturated heterocycles. The fraction of sp³-hybridized carbons (Fsp3) is 0.176. The van der Waals surface area contributed by atoms with E-state index in [9.17, 15) is 4.79 Å². The first-order chi connectivity index (χ1) is 9.79. The molecule has 98 valence electrons. The van der Waals surface area contributed by atoms with Crippen LogP contribution in [0, 0.1) is 0 Å². The number of benzene rings is 1. The number of fused-ring (bicyclic) bond motifs is 5. The van der Waals surface area contributed by atoms with Crippen molar-refractivity contribution in [1.29, 1.82) is 0 Å². The molecule has 0 fully saturated rings. The van der Waals surface area contributed by atoms with Gasteiger partial charge in [0.25, 0.3) is 5.56 Å². The number of hydrogen-bond donors (Lipinski definition) is 1. The van der Waals surface area contributed by atoms with Crippen LogP contribution in [0.1, 0.15) is 23.6 Å². The molecule has 0 atom stereocenters. The zero-order valence-corrected chi connectivity index (χ0v) is 11.2. The minimum Gasteiger partial charge on any atom is -0.321 e. The number of pyridine rings is 2. The van der Waals surface area contributed by atoms with Crippen molar-refractivity contribution in [3.05, 3.63) is 63.6 Å². The molecule has 1 aliphatic carbocycles. The minimum absolute atomic E-state index is 0.0541. The van der Waals surface area contributed by atoms with Crippen molar-refractivity contribution in [1.82, 2.24) is 9.97 Å². The second kappa shape index (κ2) is 4.04. The Morgan fingerprint density at radius 3 is 2.95 bits per heavy atom. The van der Waals surface area contributed by atoms with Gasteiger partial charge in [0.15, 0.2) is 0 Å². The summed E-state index contributed by atoms with van der Waals surface area (Å²) in [5.41, 5.74) is 6.72. The number of rotatable bonds is 1. The molecule has 0 spiro atoms. The van der Waals surface area contributed by atoms with Crippen molar-refractivity contribution in [2.45, 2.75) is 19.8 Å². The third kappa shape index (κ3) is 1.40. The molecule has 0 radical (unpaired) electrons. The Labute approximate surface area is 116 Å². The lowest BCUT2D eigenvalue weighted by molar-refractivity contribution is 1.08. The van der Waals surface area contributed by atoms with Crippen molar-refractivity contribution in [3.63, 3.8) is 0 Å². The summed E-state index contributed by atoms with van der Waals surface area (Å²) in [6.45, 7) is 2.16. The maximum atomic E-state index is 12.2. The van der Waals surface area contributed by atoms with Crippen LogP contribution in [0.5, 0.6) is 0 Å². The fourth-order valence-corrected chi connectivity index (χ4v) is 3.19. The first-order valence-corrected chi connectivity index (χ1v) is 6.90. The molecule has 0 bridgehead atoms. The average Bonchev–Trinajstić information content (AvgIpc) is 2.86. The summed E-state index contributed by atoms with van der Waals surface area (Å²) in [6.07, 6.45) is 3.62. The van der Waals surface area contributed by atoms with Crippen LogP contribution >= 0.6 is 0 Å². The Hall–Kier alpha value is -2.42. The minimum atomic E-state index is -0.0541. The second-order valence-electron chi connectivity index (χ2n) is 5.18. The molecule has 4 rings (SSSR count). The van der Waals surface area contributed by atoms with Crippen molar-refractivity contribution < 1.29 is 0 Å². The predicted octanol–water partition coefficient (Wildman–Crippen LogP) is 3.06. The summed E-state index contributed by atoms with van der Waals surface area (Å²) < 4.78 is 0. The highest BCUT2D eigenvalue weighted by atomic mass is 16.1. The van der Waals surface area contributed by atoms with Crippen molar-refractivity contribution in [3.8, 4) is 11.3 Å². The maximum absolute atomic E-state index is 12.2. The largest absolute Gasteiger partial charge is 0.321 e. The predicted molar refractivity (Wildman–Crippen MR) is 80.0 cm³/mol. The molecule has 3 aromatic rings. The van der Waals surface area contributed by atoms with E-state index in [0.717, 1.165) is 35.2 Å². The van der Waals surface area contributed by atoms with Gasteiger partial charge in [0.05, 0.1) is 16.6 Å². The summed E-state index contributed by atoms with van der Waals surface area (Å²) in [7, 11) is 0. The highest BCUT2D eigenvalue weighted by Gasteiger charge is 2.24. The SMILES string of the molecule is CCc1cccc2c1Cc1c-2[nH]c(=O)c2cccnc12. The van der Waals surface area contributed by atoms with E-state index in [2.05, 4.69) is 35.1 Å². The van der Waals surface area contributed by atoms with Crippen molar-refractivity contribution >= 4 is 10.9 Å². The van der Waals surface area contributed by atoms with Crippen LogP contribution in [0.25, 0.3) is 22.2 Å². The monoisotopic (exact) mass is 262 g/mol. The Morgan fingerprint density at radius 1 is 1.20 bits per heavy atom. The van der Waals surface area contributed by atoms with Gasteiger partial charge < -0.3 is 4.98 Å². The Bertz CT molecular complexity index is 893. The maximum Gasteiger partial charge on any atom is 0.257 e. The van der Waals surface area contributed by atoms with Crippen LogP contribution in [0.2, 0.25) is 0 Å². The summed E-state index contributed by atoms with van der Waals surface area (Å²) in [5, 5.41) is 0.678. The Kier molecular flexibility index (Phi) is 2.30. The normalized spacial score (nSPS) is 12.4. The van der Waals surface area contributed by atoms with Crippen LogP contribution in [-0.2, 0) is 12.8 Å². The van der Waals surface area contributed by atoms with Crippen LogP contribution < -0.4 is 5.56 Å². The third-order valence-corrected chi connectivity index (χ3v) is 4.16. The van der Waals surface area contributed by atoms with Gasteiger partial charge in [-0.3, -0.25) is 9.78 Å². The Balaban J connectivity index is 2.11. The standard InChI is InChI=1S/C17H14N2O/c1-2-10-5-3-6-11-13(10)9-14-15-12(7-4-8-18-15)17(20)19-16(11)14/h3-8H,2,9H2,1H3,(H,19,20). The van der Waals surface area contributed by atoms with E-state index in [-0.39, 0.29) is 5.56 Å². The molecule has 2 aromatic heterocycles. The fourth-order valence-electron chi connectivity index (χ4n) is 3.19. The molecule has 0 aliphatic heterocycles. The average molecular weight is 262 g/mol. The van der Waals surface area contributed by atoms with Crippen LogP contribution in [-0.4, -0.2) is 9.97 Å². The lowest BCUT2D eigenvalue weighted by atomic mass is 10.0. The Morgan fingerprint density at radius 2 is 2.10 bits per heavy atom. The summed E-state index contributed by atoms with van der Waals surface area (Å²) in [4.78, 5) is 19.7. The lowest BCUT2D eigenvalue weighted by Gasteiger charge is -2.05. The van der Waals surface area contributed by atoms with Gasteiger partial charge in [-0.05, 0) is 29.7 Å². The zero-order chi connectivity index (χ0) is 13.7. The van der Waals surface area contributed by atoms with Gasteiger partial charge in [-0.25, -0.2) is 0 Å². The molecule has 3 nitrogen and oxygen atoms in total. The lowest BCUT2D eigenvalue weighted by Crippen LogP contribution is -2.09. The van der Waals surface area contributed by atoms with E-state index in [0.29, 0.717) is 5.39 Å². The van der Waals surface area contributed by atoms with E-state index in [1.807, 2.05) is 12.1 Å². The molecule has 0 saturated carbocycles. The van der Waals surface area contributed by atoms with Gasteiger partial charge in [0, 0.05) is 23.7 Å². The van der Waals surface area contributed by atoms with Crippen molar-refractivity contribution in [2.75, 3.05) is 0 Å². The highest BCUT2D eigenvalue weighted by molar-refractivity contribution is 5.90. The molecule has 1 N–H and O–H groups in total. The third-order valence-electron chi connectivity index (χ3n) is 4.16. The zero-order valence-electron chi connectivity index (χ0n) is 11.2. The molecule has 0 unspecified atom stereocenters. The van der Waals surface area contributed by atoms with Gasteiger partial charge in [-0.15, -0.1) is 0 Å². The van der Waals surface area contributed by atoms with E-state index in [1.54, 1.807) is 6.20 Å². The van der Waals surface area contributed by atoms with Crippen LogP contribution in [0.4, 0.5) is 0 Å². The van der Waals surface area contributed by atoms with Gasteiger partial charge in [-0.1, -0.05) is 25.1 Å². The number of nitrogens with zero attached hydrogens (tertiary/aromatic N) is 1. The van der Waals surface area contributed by atoms with Crippen LogP contribution in [0.15, 0.2) is 41.3 Å². The molecule has 1 aliphatic rings. The molecule has 20 heavy (non-hydrogen) atoms. The molecule has 0 amide bonds. The molecule has 2 heterocycles. The smallest absolute Gasteiger partial charge is 0.257 e. The van der Waals surface area contributed by atoms with Gasteiger partial charge in [-0.2, -0.15) is 0 Å². The van der Waals surface area contributed by atoms with Crippen molar-refractivity contribution in [2.24, 2.45) is 0 Å².